The van der Waals surface area contributed by atoms with Crippen LogP contribution >= 0.6 is 0 Å². The Balaban J connectivity index is 1.99. The fraction of sp³-hybridized carbons (Fsp3) is 0.600. The van der Waals surface area contributed by atoms with Gasteiger partial charge in [0.2, 0.25) is 0 Å². The van der Waals surface area contributed by atoms with Gasteiger partial charge in [0.1, 0.15) is 5.75 Å². The number of likely N-dealkylation sites (N-methyl/N-ethyl adjacent to an activating group) is 1. The highest BCUT2D eigenvalue weighted by Gasteiger charge is 2.22. The zero-order chi connectivity index (χ0) is 13.7. The Kier molecular flexibility index (Phi) is 5.05. The van der Waals surface area contributed by atoms with Crippen LogP contribution in [0.2, 0.25) is 0 Å². The highest BCUT2D eigenvalue weighted by molar-refractivity contribution is 5.49. The molecule has 0 radical (unpaired) electrons. The number of anilines is 1. The van der Waals surface area contributed by atoms with Crippen molar-refractivity contribution in [3.05, 3.63) is 24.3 Å². The van der Waals surface area contributed by atoms with Gasteiger partial charge in [-0.3, -0.25) is 4.90 Å². The highest BCUT2D eigenvalue weighted by Crippen LogP contribution is 2.24. The summed E-state index contributed by atoms with van der Waals surface area (Å²) in [7, 11) is 3.79. The summed E-state index contributed by atoms with van der Waals surface area (Å²) in [4.78, 5) is 4.68. The summed E-state index contributed by atoms with van der Waals surface area (Å²) < 4.78 is 5.19. The first-order valence-electron chi connectivity index (χ1n) is 6.94. The van der Waals surface area contributed by atoms with Crippen LogP contribution in [0.15, 0.2) is 24.3 Å². The molecule has 1 saturated heterocycles. The van der Waals surface area contributed by atoms with Gasteiger partial charge in [0.25, 0.3) is 0 Å². The van der Waals surface area contributed by atoms with Crippen molar-refractivity contribution in [3.63, 3.8) is 0 Å². The van der Waals surface area contributed by atoms with Gasteiger partial charge >= 0.3 is 0 Å². The van der Waals surface area contributed by atoms with E-state index in [2.05, 4.69) is 29.0 Å². The highest BCUT2D eigenvalue weighted by atomic mass is 16.5. The maximum Gasteiger partial charge on any atom is 0.119 e. The summed E-state index contributed by atoms with van der Waals surface area (Å²) in [5.74, 6) is 0.898. The second kappa shape index (κ2) is 6.78. The van der Waals surface area contributed by atoms with Gasteiger partial charge < -0.3 is 14.7 Å². The lowest BCUT2D eigenvalue weighted by atomic mass is 10.0. The molecule has 1 N–H and O–H groups in total. The normalized spacial score (nSPS) is 19.8. The molecule has 1 aromatic carbocycles. The third-order valence-electron chi connectivity index (χ3n) is 3.91. The van der Waals surface area contributed by atoms with E-state index in [0.29, 0.717) is 6.04 Å². The number of hydrogen-bond donors (Lipinski definition) is 1. The van der Waals surface area contributed by atoms with Gasteiger partial charge in [-0.25, -0.2) is 0 Å². The minimum atomic E-state index is 0.232. The average molecular weight is 264 g/mol. The van der Waals surface area contributed by atoms with E-state index in [0.717, 1.165) is 25.4 Å². The zero-order valence-electron chi connectivity index (χ0n) is 11.9. The minimum absolute atomic E-state index is 0.232. The lowest BCUT2D eigenvalue weighted by Crippen LogP contribution is -2.47. The number of piperidine rings is 1. The minimum Gasteiger partial charge on any atom is -0.497 e. The molecule has 1 heterocycles. The van der Waals surface area contributed by atoms with Gasteiger partial charge in [0, 0.05) is 31.4 Å². The van der Waals surface area contributed by atoms with Crippen LogP contribution in [0.3, 0.4) is 0 Å². The van der Waals surface area contributed by atoms with E-state index < -0.39 is 0 Å². The smallest absolute Gasteiger partial charge is 0.119 e. The molecule has 0 aliphatic carbocycles. The van der Waals surface area contributed by atoms with Gasteiger partial charge in [-0.05, 0) is 44.2 Å². The molecule has 106 valence electrons. The van der Waals surface area contributed by atoms with Gasteiger partial charge in [-0.2, -0.15) is 0 Å². The molecule has 19 heavy (non-hydrogen) atoms. The molecule has 0 bridgehead atoms. The van der Waals surface area contributed by atoms with Crippen molar-refractivity contribution in [1.29, 1.82) is 0 Å². The van der Waals surface area contributed by atoms with Crippen molar-refractivity contribution in [3.8, 4) is 5.75 Å². The molecule has 1 aromatic rings. The summed E-state index contributed by atoms with van der Waals surface area (Å²) in [5, 5.41) is 9.04. The molecule has 0 aromatic heterocycles. The van der Waals surface area contributed by atoms with Crippen molar-refractivity contribution in [2.45, 2.75) is 18.9 Å². The maximum absolute atomic E-state index is 9.04. The van der Waals surface area contributed by atoms with Crippen LogP contribution in [-0.2, 0) is 0 Å². The van der Waals surface area contributed by atoms with Crippen LogP contribution in [0.5, 0.6) is 5.75 Å². The van der Waals surface area contributed by atoms with E-state index in [4.69, 9.17) is 9.84 Å². The maximum atomic E-state index is 9.04. The van der Waals surface area contributed by atoms with Gasteiger partial charge in [0.05, 0.1) is 13.7 Å². The predicted molar refractivity (Wildman–Crippen MR) is 77.9 cm³/mol. The molecule has 4 heteroatoms. The molecule has 1 aliphatic heterocycles. The van der Waals surface area contributed by atoms with Crippen LogP contribution in [-0.4, -0.2) is 56.4 Å². The molecular formula is C15H24N2O2. The third-order valence-corrected chi connectivity index (χ3v) is 3.91. The standard InChI is InChI=1S/C15H24N2O2/c1-16(10-11-18)14-4-3-9-17(12-14)13-5-7-15(19-2)8-6-13/h5-8,14,18H,3-4,9-12H2,1-2H3. The van der Waals surface area contributed by atoms with Crippen molar-refractivity contribution in [2.24, 2.45) is 0 Å². The molecule has 4 nitrogen and oxygen atoms in total. The number of nitrogens with zero attached hydrogens (tertiary/aromatic N) is 2. The van der Waals surface area contributed by atoms with E-state index >= 15 is 0 Å². The van der Waals surface area contributed by atoms with E-state index in [1.165, 1.54) is 18.5 Å². The van der Waals surface area contributed by atoms with Crippen molar-refractivity contribution in [1.82, 2.24) is 4.90 Å². The molecular weight excluding hydrogens is 240 g/mol. The van der Waals surface area contributed by atoms with E-state index in [-0.39, 0.29) is 6.61 Å². The van der Waals surface area contributed by atoms with E-state index in [9.17, 15) is 0 Å². The first-order valence-corrected chi connectivity index (χ1v) is 6.94. The second-order valence-corrected chi connectivity index (χ2v) is 5.14. The Morgan fingerprint density at radius 3 is 2.74 bits per heavy atom. The molecule has 0 amide bonds. The lowest BCUT2D eigenvalue weighted by Gasteiger charge is -2.38. The number of hydrogen-bond acceptors (Lipinski definition) is 4. The first-order chi connectivity index (χ1) is 9.24. The summed E-state index contributed by atoms with van der Waals surface area (Å²) in [5.41, 5.74) is 1.25. The Bertz CT molecular complexity index is 380. The number of aliphatic hydroxyl groups is 1. The zero-order valence-corrected chi connectivity index (χ0v) is 11.9. The Labute approximate surface area is 115 Å². The fourth-order valence-corrected chi connectivity index (χ4v) is 2.68. The number of aliphatic hydroxyl groups excluding tert-OH is 1. The summed E-state index contributed by atoms with van der Waals surface area (Å²) in [6, 6.07) is 8.79. The first kappa shape index (κ1) is 14.2. The number of ether oxygens (including phenoxy) is 1. The van der Waals surface area contributed by atoms with Gasteiger partial charge in [0.15, 0.2) is 0 Å². The Morgan fingerprint density at radius 2 is 2.11 bits per heavy atom. The Hall–Kier alpha value is -1.26. The fourth-order valence-electron chi connectivity index (χ4n) is 2.68. The van der Waals surface area contributed by atoms with Gasteiger partial charge in [-0.1, -0.05) is 0 Å². The monoisotopic (exact) mass is 264 g/mol. The van der Waals surface area contributed by atoms with Crippen LogP contribution < -0.4 is 9.64 Å². The van der Waals surface area contributed by atoms with Gasteiger partial charge in [-0.15, -0.1) is 0 Å². The molecule has 0 saturated carbocycles. The number of rotatable bonds is 5. The van der Waals surface area contributed by atoms with Crippen LogP contribution in [0, 0.1) is 0 Å². The predicted octanol–water partition coefficient (Wildman–Crippen LogP) is 1.59. The van der Waals surface area contributed by atoms with Crippen LogP contribution in [0.4, 0.5) is 5.69 Å². The lowest BCUT2D eigenvalue weighted by molar-refractivity contribution is 0.166. The summed E-state index contributed by atoms with van der Waals surface area (Å²) >= 11 is 0. The third kappa shape index (κ3) is 3.61. The number of benzene rings is 1. The molecule has 0 spiro atoms. The average Bonchev–Trinajstić information content (AvgIpc) is 2.48. The molecule has 1 atom stereocenters. The molecule has 2 rings (SSSR count). The van der Waals surface area contributed by atoms with Crippen molar-refractivity contribution >= 4 is 5.69 Å². The van der Waals surface area contributed by atoms with E-state index in [1.807, 2.05) is 12.1 Å². The SMILES string of the molecule is COc1ccc(N2CCCC(N(C)CCO)C2)cc1. The van der Waals surface area contributed by atoms with Crippen LogP contribution in [0.1, 0.15) is 12.8 Å². The number of methoxy groups -OCH3 is 1. The van der Waals surface area contributed by atoms with Crippen molar-refractivity contribution in [2.75, 3.05) is 45.3 Å². The topological polar surface area (TPSA) is 35.9 Å². The summed E-state index contributed by atoms with van der Waals surface area (Å²) in [6.45, 7) is 3.12. The van der Waals surface area contributed by atoms with Crippen molar-refractivity contribution < 1.29 is 9.84 Å². The molecule has 1 fully saturated rings. The largest absolute Gasteiger partial charge is 0.497 e. The molecule has 1 aliphatic rings. The second-order valence-electron chi connectivity index (χ2n) is 5.14. The van der Waals surface area contributed by atoms with Crippen LogP contribution in [0.25, 0.3) is 0 Å². The quantitative estimate of drug-likeness (QED) is 0.876. The van der Waals surface area contributed by atoms with E-state index in [1.54, 1.807) is 7.11 Å². The Morgan fingerprint density at radius 1 is 1.37 bits per heavy atom. The summed E-state index contributed by atoms with van der Waals surface area (Å²) in [6.07, 6.45) is 2.41. The molecule has 1 unspecified atom stereocenters.